The number of unbranched alkanes of at least 4 members (excludes halogenated alkanes) is 3. The largest absolute Gasteiger partial charge is 0.448 e. The first kappa shape index (κ1) is 28.6. The molecule has 0 saturated heterocycles. The average molecular weight is 378 g/mol. The quantitative estimate of drug-likeness (QED) is 0.291. The minimum Gasteiger partial charge on any atom is -0.448 e. The van der Waals surface area contributed by atoms with Crippen molar-refractivity contribution in [1.29, 1.82) is 0 Å². The van der Waals surface area contributed by atoms with Crippen molar-refractivity contribution < 1.29 is 14.3 Å². The van der Waals surface area contributed by atoms with Crippen LogP contribution in [-0.2, 0) is 9.53 Å². The van der Waals surface area contributed by atoms with Gasteiger partial charge in [-0.1, -0.05) is 40.5 Å². The van der Waals surface area contributed by atoms with Gasteiger partial charge in [-0.05, 0) is 19.8 Å². The van der Waals surface area contributed by atoms with Crippen molar-refractivity contribution in [2.24, 2.45) is 4.99 Å². The molecule has 0 heterocycles. The molecule has 25 heavy (non-hydrogen) atoms. The molecule has 0 rings (SSSR count). The van der Waals surface area contributed by atoms with Crippen LogP contribution >= 0.6 is 12.6 Å². The Morgan fingerprint density at radius 3 is 1.92 bits per heavy atom. The van der Waals surface area contributed by atoms with Crippen LogP contribution in [0.5, 0.6) is 0 Å². The zero-order valence-corrected chi connectivity index (χ0v) is 17.9. The predicted molar refractivity (Wildman–Crippen MR) is 111 cm³/mol. The second-order valence-electron chi connectivity index (χ2n) is 4.73. The summed E-state index contributed by atoms with van der Waals surface area (Å²) in [7, 11) is 0. The fraction of sp³-hybridized carbons (Fsp3) is 0.833. The van der Waals surface area contributed by atoms with E-state index >= 15 is 0 Å². The van der Waals surface area contributed by atoms with Gasteiger partial charge in [-0.25, -0.2) is 4.79 Å². The molecule has 7 heteroatoms. The lowest BCUT2D eigenvalue weighted by molar-refractivity contribution is -0.118. The Morgan fingerprint density at radius 2 is 1.44 bits per heavy atom. The Hall–Kier alpha value is -1.24. The first-order valence-corrected chi connectivity index (χ1v) is 9.95. The molecule has 0 bridgehead atoms. The van der Waals surface area contributed by atoms with Crippen LogP contribution in [0.1, 0.15) is 67.2 Å². The van der Waals surface area contributed by atoms with Gasteiger partial charge in [-0.2, -0.15) is 12.6 Å². The fourth-order valence-corrected chi connectivity index (χ4v) is 1.63. The van der Waals surface area contributed by atoms with Gasteiger partial charge in [0.1, 0.15) is 6.61 Å². The third kappa shape index (κ3) is 27.9. The van der Waals surface area contributed by atoms with Gasteiger partial charge in [0.05, 0.1) is 6.54 Å². The SMILES string of the molecule is CC.CC.CC(=O)NCCCCCCNC(=O)OCCN=C(C)CS. The number of hydrogen-bond donors (Lipinski definition) is 3. The summed E-state index contributed by atoms with van der Waals surface area (Å²) in [6.45, 7) is 13.5. The van der Waals surface area contributed by atoms with Crippen LogP contribution in [0.25, 0.3) is 0 Å². The second-order valence-corrected chi connectivity index (χ2v) is 5.05. The van der Waals surface area contributed by atoms with Crippen molar-refractivity contribution in [1.82, 2.24) is 10.6 Å². The van der Waals surface area contributed by atoms with E-state index in [1.165, 1.54) is 6.92 Å². The van der Waals surface area contributed by atoms with E-state index in [1.54, 1.807) is 0 Å². The van der Waals surface area contributed by atoms with E-state index in [0.29, 0.717) is 18.8 Å². The van der Waals surface area contributed by atoms with E-state index in [4.69, 9.17) is 4.74 Å². The summed E-state index contributed by atoms with van der Waals surface area (Å²) < 4.78 is 4.98. The Labute approximate surface area is 160 Å². The van der Waals surface area contributed by atoms with E-state index in [1.807, 2.05) is 34.6 Å². The van der Waals surface area contributed by atoms with Crippen LogP contribution in [-0.4, -0.2) is 49.7 Å². The van der Waals surface area contributed by atoms with Crippen LogP contribution in [0.15, 0.2) is 4.99 Å². The van der Waals surface area contributed by atoms with Crippen molar-refractivity contribution in [3.05, 3.63) is 0 Å². The number of hydrogen-bond acceptors (Lipinski definition) is 5. The minimum atomic E-state index is -0.396. The predicted octanol–water partition coefficient (Wildman–Crippen LogP) is 3.85. The Morgan fingerprint density at radius 1 is 0.920 bits per heavy atom. The molecule has 0 aliphatic carbocycles. The molecule has 0 unspecified atom stereocenters. The Kier molecular flexibility index (Phi) is 28.6. The van der Waals surface area contributed by atoms with Gasteiger partial charge in [0, 0.05) is 31.5 Å². The summed E-state index contributed by atoms with van der Waals surface area (Å²) in [5, 5.41) is 5.45. The lowest BCUT2D eigenvalue weighted by Crippen LogP contribution is -2.26. The molecule has 2 amide bonds. The molecule has 0 aromatic heterocycles. The maximum Gasteiger partial charge on any atom is 0.407 e. The van der Waals surface area contributed by atoms with E-state index in [0.717, 1.165) is 37.9 Å². The molecule has 0 aromatic rings. The molecule has 0 aliphatic rings. The number of carbonyl (C=O) groups excluding carboxylic acids is 2. The Bertz CT molecular complexity index is 338. The maximum atomic E-state index is 11.3. The number of aliphatic imine (C=N–C) groups is 1. The zero-order chi connectivity index (χ0) is 19.9. The molecule has 0 radical (unpaired) electrons. The molecule has 2 N–H and O–H groups in total. The fourth-order valence-electron chi connectivity index (χ4n) is 1.53. The summed E-state index contributed by atoms with van der Waals surface area (Å²) in [5.41, 5.74) is 0.932. The number of carbonyl (C=O) groups is 2. The Balaban J connectivity index is -0.00000112. The third-order valence-corrected chi connectivity index (χ3v) is 3.14. The van der Waals surface area contributed by atoms with Crippen LogP contribution in [0, 0.1) is 0 Å². The topological polar surface area (TPSA) is 79.8 Å². The van der Waals surface area contributed by atoms with Gasteiger partial charge < -0.3 is 15.4 Å². The number of ether oxygens (including phenoxy) is 1. The zero-order valence-electron chi connectivity index (χ0n) is 17.0. The maximum absolute atomic E-state index is 11.3. The molecular weight excluding hydrogens is 338 g/mol. The van der Waals surface area contributed by atoms with Gasteiger partial charge in [-0.3, -0.25) is 9.79 Å². The second kappa shape index (κ2) is 25.0. The number of amides is 2. The van der Waals surface area contributed by atoms with E-state index in [2.05, 4.69) is 28.3 Å². The van der Waals surface area contributed by atoms with E-state index in [9.17, 15) is 9.59 Å². The van der Waals surface area contributed by atoms with Crippen molar-refractivity contribution in [3.63, 3.8) is 0 Å². The van der Waals surface area contributed by atoms with Gasteiger partial charge in [0.25, 0.3) is 0 Å². The summed E-state index contributed by atoms with van der Waals surface area (Å²) in [6.07, 6.45) is 3.53. The highest BCUT2D eigenvalue weighted by Gasteiger charge is 2.00. The number of alkyl carbamates (subject to hydrolysis) is 1. The molecule has 0 fully saturated rings. The molecule has 150 valence electrons. The molecule has 0 saturated carbocycles. The van der Waals surface area contributed by atoms with Crippen LogP contribution < -0.4 is 10.6 Å². The van der Waals surface area contributed by atoms with Crippen molar-refractivity contribution in [2.75, 3.05) is 32.0 Å². The molecule has 0 spiro atoms. The molecular formula is C18H39N3O3S. The average Bonchev–Trinajstić information content (AvgIpc) is 2.63. The summed E-state index contributed by atoms with van der Waals surface area (Å²) in [6, 6.07) is 0. The monoisotopic (exact) mass is 377 g/mol. The first-order chi connectivity index (χ1) is 12.1. The van der Waals surface area contributed by atoms with E-state index < -0.39 is 6.09 Å². The number of nitrogens with zero attached hydrogens (tertiary/aromatic N) is 1. The molecule has 0 atom stereocenters. The number of thiol groups is 1. The molecule has 6 nitrogen and oxygen atoms in total. The van der Waals surface area contributed by atoms with Gasteiger partial charge in [-0.15, -0.1) is 0 Å². The standard InChI is InChI=1S/C14H27N3O3S.2C2H6/c1-12(11-21)15-9-10-20-14(19)17-8-6-4-3-5-7-16-13(2)18;2*1-2/h21H,3-11H2,1-2H3,(H,16,18)(H,17,19);2*1-2H3. The minimum absolute atomic E-state index is 0.00769. The van der Waals surface area contributed by atoms with Gasteiger partial charge in [0.2, 0.25) is 5.91 Å². The van der Waals surface area contributed by atoms with Gasteiger partial charge in [0.15, 0.2) is 0 Å². The summed E-state index contributed by atoms with van der Waals surface area (Å²) in [4.78, 5) is 26.1. The van der Waals surface area contributed by atoms with Crippen LogP contribution in [0.2, 0.25) is 0 Å². The first-order valence-electron chi connectivity index (χ1n) is 9.32. The number of rotatable bonds is 11. The highest BCUT2D eigenvalue weighted by Crippen LogP contribution is 1.97. The summed E-state index contributed by atoms with van der Waals surface area (Å²) >= 11 is 4.08. The molecule has 0 aliphatic heterocycles. The summed E-state index contributed by atoms with van der Waals surface area (Å²) in [5.74, 6) is 0.627. The van der Waals surface area contributed by atoms with Gasteiger partial charge >= 0.3 is 6.09 Å². The van der Waals surface area contributed by atoms with Crippen molar-refractivity contribution in [3.8, 4) is 0 Å². The third-order valence-electron chi connectivity index (χ3n) is 2.68. The molecule has 0 aromatic carbocycles. The number of nitrogens with one attached hydrogen (secondary N) is 2. The van der Waals surface area contributed by atoms with Crippen LogP contribution in [0.4, 0.5) is 4.79 Å². The smallest absolute Gasteiger partial charge is 0.407 e. The normalized spacial score (nSPS) is 9.80. The van der Waals surface area contributed by atoms with E-state index in [-0.39, 0.29) is 12.5 Å². The highest BCUT2D eigenvalue weighted by molar-refractivity contribution is 7.81. The van der Waals surface area contributed by atoms with Crippen molar-refractivity contribution >= 4 is 30.3 Å². The van der Waals surface area contributed by atoms with Crippen molar-refractivity contribution in [2.45, 2.75) is 67.2 Å². The lowest BCUT2D eigenvalue weighted by atomic mass is 10.2. The highest BCUT2D eigenvalue weighted by atomic mass is 32.1. The van der Waals surface area contributed by atoms with Crippen LogP contribution in [0.3, 0.4) is 0 Å². The lowest BCUT2D eigenvalue weighted by Gasteiger charge is -2.06.